The normalized spacial score (nSPS) is 27.4. The van der Waals surface area contributed by atoms with E-state index in [0.717, 1.165) is 24.9 Å². The van der Waals surface area contributed by atoms with Crippen molar-refractivity contribution in [1.29, 1.82) is 0 Å². The van der Waals surface area contributed by atoms with E-state index >= 15 is 0 Å². The molecule has 2 heterocycles. The number of imide groups is 1. The molecule has 0 aliphatic carbocycles. The maximum Gasteiger partial charge on any atom is 0.247 e. The summed E-state index contributed by atoms with van der Waals surface area (Å²) < 4.78 is 0. The summed E-state index contributed by atoms with van der Waals surface area (Å²) in [5, 5.41) is 3.16. The topological polar surface area (TPSA) is 49.4 Å². The van der Waals surface area contributed by atoms with Crippen molar-refractivity contribution in [2.75, 3.05) is 6.54 Å². The van der Waals surface area contributed by atoms with Crippen LogP contribution >= 0.6 is 0 Å². The van der Waals surface area contributed by atoms with E-state index in [4.69, 9.17) is 0 Å². The van der Waals surface area contributed by atoms with Gasteiger partial charge in [0.15, 0.2) is 0 Å². The highest BCUT2D eigenvalue weighted by atomic mass is 16.2. The van der Waals surface area contributed by atoms with Crippen LogP contribution < -0.4 is 5.32 Å². The molecule has 1 N–H and O–H groups in total. The zero-order valence-corrected chi connectivity index (χ0v) is 10.1. The summed E-state index contributed by atoms with van der Waals surface area (Å²) in [5.74, 6) is -0.218. The van der Waals surface area contributed by atoms with Gasteiger partial charge in [-0.1, -0.05) is 30.3 Å². The Morgan fingerprint density at radius 3 is 2.67 bits per heavy atom. The molecule has 0 aromatic heterocycles. The van der Waals surface area contributed by atoms with Crippen molar-refractivity contribution < 1.29 is 9.59 Å². The van der Waals surface area contributed by atoms with Crippen molar-refractivity contribution in [2.24, 2.45) is 5.92 Å². The van der Waals surface area contributed by atoms with E-state index in [-0.39, 0.29) is 23.8 Å². The number of rotatable bonds is 2. The highest BCUT2D eigenvalue weighted by Crippen LogP contribution is 2.28. The van der Waals surface area contributed by atoms with Gasteiger partial charge < -0.3 is 5.32 Å². The molecule has 18 heavy (non-hydrogen) atoms. The SMILES string of the molecule is O=C1C2NCCC[C@H]2C(=O)N1Cc1ccccc1. The van der Waals surface area contributed by atoms with Crippen LogP contribution in [0.4, 0.5) is 0 Å². The second-order valence-corrected chi connectivity index (χ2v) is 4.93. The number of fused-ring (bicyclic) bond motifs is 1. The first-order valence-corrected chi connectivity index (χ1v) is 6.40. The maximum absolute atomic E-state index is 12.2. The Labute approximate surface area is 106 Å². The lowest BCUT2D eigenvalue weighted by atomic mass is 9.93. The Morgan fingerprint density at radius 2 is 1.94 bits per heavy atom. The van der Waals surface area contributed by atoms with Gasteiger partial charge in [0.2, 0.25) is 11.8 Å². The van der Waals surface area contributed by atoms with E-state index in [1.54, 1.807) is 0 Å². The second-order valence-electron chi connectivity index (χ2n) is 4.93. The van der Waals surface area contributed by atoms with E-state index in [1.807, 2.05) is 30.3 Å². The number of nitrogens with one attached hydrogen (secondary N) is 1. The first-order valence-electron chi connectivity index (χ1n) is 6.40. The Balaban J connectivity index is 1.80. The average molecular weight is 244 g/mol. The monoisotopic (exact) mass is 244 g/mol. The molecule has 2 amide bonds. The molecule has 94 valence electrons. The number of benzene rings is 1. The van der Waals surface area contributed by atoms with Crippen molar-refractivity contribution >= 4 is 11.8 Å². The highest BCUT2D eigenvalue weighted by Gasteiger charge is 2.48. The Bertz CT molecular complexity index is 448. The summed E-state index contributed by atoms with van der Waals surface area (Å²) in [6, 6.07) is 9.37. The molecular weight excluding hydrogens is 228 g/mol. The van der Waals surface area contributed by atoms with Gasteiger partial charge in [-0.3, -0.25) is 14.5 Å². The van der Waals surface area contributed by atoms with Crippen LogP contribution in [0.1, 0.15) is 18.4 Å². The lowest BCUT2D eigenvalue weighted by molar-refractivity contribution is -0.140. The lowest BCUT2D eigenvalue weighted by Crippen LogP contribution is -2.44. The number of hydrogen-bond acceptors (Lipinski definition) is 3. The Morgan fingerprint density at radius 1 is 1.17 bits per heavy atom. The first-order chi connectivity index (χ1) is 8.77. The number of amides is 2. The Kier molecular flexibility index (Phi) is 2.88. The third-order valence-electron chi connectivity index (χ3n) is 3.76. The van der Waals surface area contributed by atoms with Gasteiger partial charge in [0.1, 0.15) is 0 Å². The summed E-state index contributed by atoms with van der Waals surface area (Å²) in [6.07, 6.45) is 1.80. The van der Waals surface area contributed by atoms with Crippen LogP contribution in [0.3, 0.4) is 0 Å². The summed E-state index contributed by atoms with van der Waals surface area (Å²) in [5.41, 5.74) is 0.998. The Hall–Kier alpha value is -1.68. The van der Waals surface area contributed by atoms with E-state index in [2.05, 4.69) is 5.32 Å². The van der Waals surface area contributed by atoms with Crippen LogP contribution in [0, 0.1) is 5.92 Å². The van der Waals surface area contributed by atoms with E-state index in [1.165, 1.54) is 4.90 Å². The fourth-order valence-electron chi connectivity index (χ4n) is 2.81. The predicted molar refractivity (Wildman–Crippen MR) is 66.5 cm³/mol. The third-order valence-corrected chi connectivity index (χ3v) is 3.76. The molecule has 2 saturated heterocycles. The molecule has 2 aliphatic rings. The molecule has 0 saturated carbocycles. The van der Waals surface area contributed by atoms with Crippen molar-refractivity contribution in [2.45, 2.75) is 25.4 Å². The van der Waals surface area contributed by atoms with Gasteiger partial charge in [0.25, 0.3) is 0 Å². The summed E-state index contributed by atoms with van der Waals surface area (Å²) in [7, 11) is 0. The molecular formula is C14H16N2O2. The number of likely N-dealkylation sites (tertiary alicyclic amines) is 1. The van der Waals surface area contributed by atoms with Crippen LogP contribution in [-0.2, 0) is 16.1 Å². The van der Waals surface area contributed by atoms with Crippen LogP contribution in [0.5, 0.6) is 0 Å². The molecule has 4 nitrogen and oxygen atoms in total. The molecule has 3 rings (SSSR count). The zero-order chi connectivity index (χ0) is 12.5. The van der Waals surface area contributed by atoms with Crippen LogP contribution in [0.15, 0.2) is 30.3 Å². The molecule has 1 aromatic carbocycles. The van der Waals surface area contributed by atoms with Crippen molar-refractivity contribution in [3.05, 3.63) is 35.9 Å². The molecule has 0 bridgehead atoms. The quantitative estimate of drug-likeness (QED) is 0.787. The minimum absolute atomic E-state index is 0.0129. The molecule has 2 aliphatic heterocycles. The van der Waals surface area contributed by atoms with E-state index < -0.39 is 0 Å². The van der Waals surface area contributed by atoms with Crippen molar-refractivity contribution in [3.63, 3.8) is 0 Å². The number of hydrogen-bond donors (Lipinski definition) is 1. The fraction of sp³-hybridized carbons (Fsp3) is 0.429. The third kappa shape index (κ3) is 1.82. The second kappa shape index (κ2) is 4.53. The molecule has 0 radical (unpaired) electrons. The first kappa shape index (κ1) is 11.4. The van der Waals surface area contributed by atoms with Crippen LogP contribution in [0.2, 0.25) is 0 Å². The van der Waals surface area contributed by atoms with Crippen LogP contribution in [-0.4, -0.2) is 29.3 Å². The average Bonchev–Trinajstić information content (AvgIpc) is 2.66. The number of nitrogens with zero attached hydrogens (tertiary/aromatic N) is 1. The molecule has 1 unspecified atom stereocenters. The number of carbonyl (C=O) groups is 2. The van der Waals surface area contributed by atoms with Gasteiger partial charge >= 0.3 is 0 Å². The highest BCUT2D eigenvalue weighted by molar-refractivity contribution is 6.07. The van der Waals surface area contributed by atoms with Gasteiger partial charge in [-0.05, 0) is 24.9 Å². The van der Waals surface area contributed by atoms with Gasteiger partial charge in [0.05, 0.1) is 18.5 Å². The molecule has 0 spiro atoms. The minimum Gasteiger partial charge on any atom is -0.305 e. The van der Waals surface area contributed by atoms with Crippen molar-refractivity contribution in [1.82, 2.24) is 10.2 Å². The molecule has 1 aromatic rings. The van der Waals surface area contributed by atoms with Gasteiger partial charge in [-0.25, -0.2) is 0 Å². The van der Waals surface area contributed by atoms with E-state index in [0.29, 0.717) is 6.54 Å². The number of carbonyl (C=O) groups excluding carboxylic acids is 2. The van der Waals surface area contributed by atoms with Crippen LogP contribution in [0.25, 0.3) is 0 Å². The molecule has 2 atom stereocenters. The lowest BCUT2D eigenvalue weighted by Gasteiger charge is -2.21. The van der Waals surface area contributed by atoms with Gasteiger partial charge in [-0.15, -0.1) is 0 Å². The molecule has 2 fully saturated rings. The smallest absolute Gasteiger partial charge is 0.247 e. The zero-order valence-electron chi connectivity index (χ0n) is 10.1. The van der Waals surface area contributed by atoms with Gasteiger partial charge in [-0.2, -0.15) is 0 Å². The summed E-state index contributed by atoms with van der Waals surface area (Å²) in [4.78, 5) is 25.8. The van der Waals surface area contributed by atoms with E-state index in [9.17, 15) is 9.59 Å². The van der Waals surface area contributed by atoms with Gasteiger partial charge in [0, 0.05) is 0 Å². The fourth-order valence-corrected chi connectivity index (χ4v) is 2.81. The van der Waals surface area contributed by atoms with Crippen molar-refractivity contribution in [3.8, 4) is 0 Å². The standard InChI is InChI=1S/C14H16N2O2/c17-13-11-7-4-8-15-12(11)14(18)16(13)9-10-5-2-1-3-6-10/h1-3,5-6,11-12,15H,4,7-9H2/t11-,12?/m1/s1. The largest absolute Gasteiger partial charge is 0.305 e. The number of piperidine rings is 1. The summed E-state index contributed by atoms with van der Waals surface area (Å²) in [6.45, 7) is 1.23. The predicted octanol–water partition coefficient (Wildman–Crippen LogP) is 0.924. The minimum atomic E-state index is -0.282. The summed E-state index contributed by atoms with van der Waals surface area (Å²) >= 11 is 0. The maximum atomic E-state index is 12.2. The molecule has 4 heteroatoms.